The molecule has 0 spiro atoms. The topological polar surface area (TPSA) is 32.9 Å². The van der Waals surface area contributed by atoms with Crippen molar-refractivity contribution in [2.45, 2.75) is 38.9 Å². The van der Waals surface area contributed by atoms with Crippen LogP contribution in [-0.2, 0) is 0 Å². The third kappa shape index (κ3) is 3.11. The first-order valence-corrected chi connectivity index (χ1v) is 8.44. The Kier molecular flexibility index (Phi) is 3.44. The van der Waals surface area contributed by atoms with Crippen LogP contribution in [0, 0.1) is 11.5 Å². The summed E-state index contributed by atoms with van der Waals surface area (Å²) in [6, 6.07) is 3.27. The van der Waals surface area contributed by atoms with Gasteiger partial charge in [0, 0.05) is 17.8 Å². The predicted octanol–water partition coefficient (Wildman–Crippen LogP) is 2.77. The quantitative estimate of drug-likeness (QED) is 0.542. The van der Waals surface area contributed by atoms with E-state index in [-0.39, 0.29) is 10.6 Å². The fourth-order valence-electron chi connectivity index (χ4n) is 0.904. The van der Waals surface area contributed by atoms with Crippen LogP contribution in [-0.4, -0.2) is 13.1 Å². The van der Waals surface area contributed by atoms with E-state index in [2.05, 4.69) is 50.3 Å². The van der Waals surface area contributed by atoms with Crippen LogP contribution in [0.5, 0.6) is 0 Å². The Labute approximate surface area is 98.1 Å². The zero-order valence-corrected chi connectivity index (χ0v) is 11.6. The molecular formula is C13H19NOSi. The Morgan fingerprint density at radius 2 is 1.88 bits per heavy atom. The highest BCUT2D eigenvalue weighted by atomic mass is 28.3. The van der Waals surface area contributed by atoms with Gasteiger partial charge >= 0.3 is 0 Å². The molecule has 1 aromatic heterocycles. The third-order valence-corrected chi connectivity index (χ3v) is 7.68. The zero-order valence-electron chi connectivity index (χ0n) is 10.6. The summed E-state index contributed by atoms with van der Waals surface area (Å²) in [4.78, 5) is 13.5. The molecule has 1 heterocycles. The third-order valence-electron chi connectivity index (χ3n) is 3.18. The lowest BCUT2D eigenvalue weighted by Gasteiger charge is -2.31. The number of hydrogen-bond donors (Lipinski definition) is 1. The highest BCUT2D eigenvalue weighted by molar-refractivity contribution is 6.87. The van der Waals surface area contributed by atoms with E-state index >= 15 is 0 Å². The van der Waals surface area contributed by atoms with Crippen molar-refractivity contribution in [1.29, 1.82) is 0 Å². The highest BCUT2D eigenvalue weighted by Gasteiger charge is 2.33. The lowest BCUT2D eigenvalue weighted by molar-refractivity contribution is 0.731. The standard InChI is InChI=1S/C13H19NOSi/c1-13(2,3)16(4,5)9-8-11-6-7-12(15)14-10-11/h6-7,10H,1-5H3,(H,14,15). The zero-order chi connectivity index (χ0) is 12.4. The Morgan fingerprint density at radius 3 is 2.31 bits per heavy atom. The number of nitrogens with one attached hydrogen (secondary N) is 1. The van der Waals surface area contributed by atoms with Crippen molar-refractivity contribution in [3.63, 3.8) is 0 Å². The van der Waals surface area contributed by atoms with Gasteiger partial charge in [-0.2, -0.15) is 0 Å². The molecule has 0 aliphatic heterocycles. The van der Waals surface area contributed by atoms with Gasteiger partial charge in [0.1, 0.15) is 8.07 Å². The molecule has 0 fully saturated rings. The van der Waals surface area contributed by atoms with Gasteiger partial charge in [-0.25, -0.2) is 0 Å². The summed E-state index contributed by atoms with van der Waals surface area (Å²) in [6.07, 6.45) is 1.67. The molecule has 16 heavy (non-hydrogen) atoms. The molecule has 0 aliphatic rings. The largest absolute Gasteiger partial charge is 0.328 e. The van der Waals surface area contributed by atoms with E-state index < -0.39 is 8.07 Å². The molecule has 0 saturated heterocycles. The molecule has 0 saturated carbocycles. The van der Waals surface area contributed by atoms with Crippen molar-refractivity contribution in [1.82, 2.24) is 4.98 Å². The van der Waals surface area contributed by atoms with Gasteiger partial charge in [0.25, 0.3) is 0 Å². The summed E-state index contributed by atoms with van der Waals surface area (Å²) in [7, 11) is -1.55. The van der Waals surface area contributed by atoms with Gasteiger partial charge in [0.05, 0.1) is 0 Å². The fourth-order valence-corrected chi connectivity index (χ4v) is 1.74. The Balaban J connectivity index is 2.98. The molecular weight excluding hydrogens is 214 g/mol. The summed E-state index contributed by atoms with van der Waals surface area (Å²) < 4.78 is 0. The number of hydrogen-bond acceptors (Lipinski definition) is 1. The predicted molar refractivity (Wildman–Crippen MR) is 71.1 cm³/mol. The van der Waals surface area contributed by atoms with Crippen LogP contribution in [0.25, 0.3) is 0 Å². The molecule has 0 aromatic carbocycles. The van der Waals surface area contributed by atoms with Crippen LogP contribution < -0.4 is 5.56 Å². The van der Waals surface area contributed by atoms with Crippen LogP contribution in [0.4, 0.5) is 0 Å². The molecule has 1 N–H and O–H groups in total. The van der Waals surface area contributed by atoms with E-state index in [0.717, 1.165) is 5.56 Å². The maximum atomic E-state index is 10.9. The number of aromatic nitrogens is 1. The van der Waals surface area contributed by atoms with E-state index in [9.17, 15) is 4.79 Å². The molecule has 3 heteroatoms. The molecule has 0 radical (unpaired) electrons. The summed E-state index contributed by atoms with van der Waals surface area (Å²) in [5, 5.41) is 0.266. The normalized spacial score (nSPS) is 11.8. The molecule has 0 amide bonds. The maximum absolute atomic E-state index is 10.9. The Morgan fingerprint density at radius 1 is 1.25 bits per heavy atom. The lowest BCUT2D eigenvalue weighted by Crippen LogP contribution is -2.35. The van der Waals surface area contributed by atoms with Crippen molar-refractivity contribution >= 4 is 8.07 Å². The first-order valence-electron chi connectivity index (χ1n) is 5.44. The summed E-state index contributed by atoms with van der Waals surface area (Å²) >= 11 is 0. The van der Waals surface area contributed by atoms with Gasteiger partial charge in [0.15, 0.2) is 0 Å². The van der Waals surface area contributed by atoms with Crippen LogP contribution in [0.15, 0.2) is 23.1 Å². The minimum Gasteiger partial charge on any atom is -0.328 e. The molecule has 0 bridgehead atoms. The minimum atomic E-state index is -1.55. The van der Waals surface area contributed by atoms with Crippen molar-refractivity contribution in [3.05, 3.63) is 34.2 Å². The summed E-state index contributed by atoms with van der Waals surface area (Å²) in [5.74, 6) is 3.16. The Bertz CT molecular complexity index is 463. The van der Waals surface area contributed by atoms with E-state index in [0.29, 0.717) is 0 Å². The van der Waals surface area contributed by atoms with Crippen molar-refractivity contribution in [3.8, 4) is 11.5 Å². The molecule has 0 unspecified atom stereocenters. The van der Waals surface area contributed by atoms with Gasteiger partial charge < -0.3 is 4.98 Å². The minimum absolute atomic E-state index is 0.0853. The first-order chi connectivity index (χ1) is 7.22. The van der Waals surface area contributed by atoms with Gasteiger partial charge in [0.2, 0.25) is 5.56 Å². The second-order valence-corrected chi connectivity index (χ2v) is 10.6. The number of pyridine rings is 1. The van der Waals surface area contributed by atoms with Gasteiger partial charge in [-0.05, 0) is 11.1 Å². The van der Waals surface area contributed by atoms with Crippen molar-refractivity contribution < 1.29 is 0 Å². The van der Waals surface area contributed by atoms with Crippen LogP contribution in [0.2, 0.25) is 18.1 Å². The molecule has 0 atom stereocenters. The maximum Gasteiger partial charge on any atom is 0.247 e. The second-order valence-electron chi connectivity index (χ2n) is 5.57. The van der Waals surface area contributed by atoms with Gasteiger partial charge in [-0.1, -0.05) is 39.8 Å². The molecule has 1 rings (SSSR count). The monoisotopic (exact) mass is 233 g/mol. The van der Waals surface area contributed by atoms with Crippen LogP contribution in [0.3, 0.4) is 0 Å². The first kappa shape index (κ1) is 12.8. The average Bonchev–Trinajstić information content (AvgIpc) is 2.15. The summed E-state index contributed by atoms with van der Waals surface area (Å²) in [6.45, 7) is 11.2. The van der Waals surface area contributed by atoms with Gasteiger partial charge in [-0.15, -0.1) is 5.54 Å². The SMILES string of the molecule is CC(C)(C)[Si](C)(C)C#Cc1ccc(=O)[nH]c1. The molecule has 2 nitrogen and oxygen atoms in total. The number of aromatic amines is 1. The van der Waals surface area contributed by atoms with Crippen LogP contribution in [0.1, 0.15) is 26.3 Å². The average molecular weight is 233 g/mol. The Hall–Kier alpha value is -1.27. The second kappa shape index (κ2) is 4.30. The molecule has 1 aromatic rings. The molecule has 86 valence electrons. The number of H-pyrrole nitrogens is 1. The van der Waals surface area contributed by atoms with Crippen molar-refractivity contribution in [2.24, 2.45) is 0 Å². The van der Waals surface area contributed by atoms with E-state index in [4.69, 9.17) is 0 Å². The summed E-state index contributed by atoms with van der Waals surface area (Å²) in [5.41, 5.74) is 4.20. The van der Waals surface area contributed by atoms with E-state index in [1.807, 2.05) is 0 Å². The van der Waals surface area contributed by atoms with Gasteiger partial charge in [-0.3, -0.25) is 4.79 Å². The highest BCUT2D eigenvalue weighted by Crippen LogP contribution is 2.35. The fraction of sp³-hybridized carbons (Fsp3) is 0.462. The smallest absolute Gasteiger partial charge is 0.247 e. The lowest BCUT2D eigenvalue weighted by atomic mass is 10.2. The molecule has 0 aliphatic carbocycles. The number of rotatable bonds is 0. The van der Waals surface area contributed by atoms with E-state index in [1.165, 1.54) is 6.07 Å². The van der Waals surface area contributed by atoms with Crippen LogP contribution >= 0.6 is 0 Å². The van der Waals surface area contributed by atoms with E-state index in [1.54, 1.807) is 12.3 Å². The van der Waals surface area contributed by atoms with Crippen molar-refractivity contribution in [2.75, 3.05) is 0 Å².